The molecule has 1 N–H and O–H groups in total. The molecule has 0 bridgehead atoms. The lowest BCUT2D eigenvalue weighted by molar-refractivity contribution is -0.150. The van der Waals surface area contributed by atoms with Gasteiger partial charge in [0.05, 0.1) is 13.2 Å². The van der Waals surface area contributed by atoms with Gasteiger partial charge in [-0.05, 0) is 27.7 Å². The Morgan fingerprint density at radius 2 is 2.00 bits per heavy atom. The Balaban J connectivity index is 4.04. The number of carbonyl (C=O) groups is 1. The highest BCUT2D eigenvalue weighted by atomic mass is 16.7. The Labute approximate surface area is 84.6 Å². The lowest BCUT2D eigenvalue weighted by Gasteiger charge is -2.25. The molecule has 0 aromatic heterocycles. The quantitative estimate of drug-likeness (QED) is 0.700. The van der Waals surface area contributed by atoms with Crippen molar-refractivity contribution in [1.82, 2.24) is 5.06 Å². The smallest absolute Gasteiger partial charge is 0.434 e. The average Bonchev–Trinajstić information content (AvgIpc) is 2.02. The second-order valence-electron chi connectivity index (χ2n) is 3.73. The van der Waals surface area contributed by atoms with Crippen molar-refractivity contribution in [2.45, 2.75) is 33.3 Å². The van der Waals surface area contributed by atoms with Crippen LogP contribution in [0.15, 0.2) is 0 Å². The van der Waals surface area contributed by atoms with Crippen LogP contribution in [0.1, 0.15) is 27.7 Å². The lowest BCUT2D eigenvalue weighted by Crippen LogP contribution is -2.37. The van der Waals surface area contributed by atoms with Gasteiger partial charge in [0.2, 0.25) is 0 Å². The Bertz CT molecular complexity index is 176. The van der Waals surface area contributed by atoms with Crippen LogP contribution < -0.4 is 0 Å². The van der Waals surface area contributed by atoms with E-state index in [2.05, 4.69) is 0 Å². The average molecular weight is 205 g/mol. The third kappa shape index (κ3) is 5.77. The molecule has 5 heteroatoms. The molecular weight excluding hydrogens is 186 g/mol. The van der Waals surface area contributed by atoms with Crippen LogP contribution in [-0.2, 0) is 9.57 Å². The van der Waals surface area contributed by atoms with E-state index in [4.69, 9.17) is 14.7 Å². The molecule has 0 radical (unpaired) electrons. The Morgan fingerprint density at radius 3 is 2.36 bits per heavy atom. The maximum atomic E-state index is 11.4. The normalized spacial score (nSPS) is 11.2. The number of aliphatic hydroxyl groups excluding tert-OH is 1. The van der Waals surface area contributed by atoms with Crippen molar-refractivity contribution in [3.8, 4) is 0 Å². The first-order valence-corrected chi connectivity index (χ1v) is 4.65. The van der Waals surface area contributed by atoms with Crippen molar-refractivity contribution in [3.05, 3.63) is 0 Å². The number of nitrogens with zero attached hydrogens (tertiary/aromatic N) is 1. The van der Waals surface area contributed by atoms with Gasteiger partial charge >= 0.3 is 6.09 Å². The molecule has 0 spiro atoms. The molecule has 0 saturated carbocycles. The van der Waals surface area contributed by atoms with Crippen LogP contribution in [0, 0.1) is 0 Å². The largest absolute Gasteiger partial charge is 0.442 e. The molecule has 1 amide bonds. The molecule has 0 fully saturated rings. The van der Waals surface area contributed by atoms with E-state index >= 15 is 0 Å². The van der Waals surface area contributed by atoms with E-state index in [1.54, 1.807) is 27.7 Å². The monoisotopic (exact) mass is 205 g/mol. The number of amides is 1. The van der Waals surface area contributed by atoms with Gasteiger partial charge in [-0.2, -0.15) is 5.06 Å². The predicted molar refractivity (Wildman–Crippen MR) is 51.7 cm³/mol. The number of hydrogen-bond acceptors (Lipinski definition) is 4. The summed E-state index contributed by atoms with van der Waals surface area (Å²) in [6.45, 7) is 7.46. The van der Waals surface area contributed by atoms with Gasteiger partial charge in [-0.3, -0.25) is 4.84 Å². The molecule has 0 aliphatic carbocycles. The minimum Gasteiger partial charge on any atom is -0.442 e. The van der Waals surface area contributed by atoms with E-state index in [1.165, 1.54) is 0 Å². The number of aliphatic hydroxyl groups is 1. The van der Waals surface area contributed by atoms with Gasteiger partial charge in [0.25, 0.3) is 0 Å². The van der Waals surface area contributed by atoms with Crippen molar-refractivity contribution in [2.75, 3.05) is 19.8 Å². The highest BCUT2D eigenvalue weighted by Gasteiger charge is 2.21. The van der Waals surface area contributed by atoms with Crippen molar-refractivity contribution in [3.63, 3.8) is 0 Å². The molecule has 0 aromatic carbocycles. The molecule has 0 aromatic rings. The first-order chi connectivity index (χ1) is 6.40. The number of carbonyl (C=O) groups excluding carboxylic acids is 1. The van der Waals surface area contributed by atoms with Gasteiger partial charge < -0.3 is 9.84 Å². The van der Waals surface area contributed by atoms with E-state index in [-0.39, 0.29) is 13.2 Å². The topological polar surface area (TPSA) is 59.0 Å². The summed E-state index contributed by atoms with van der Waals surface area (Å²) in [4.78, 5) is 16.3. The van der Waals surface area contributed by atoms with Crippen LogP contribution in [0.25, 0.3) is 0 Å². The Kier molecular flexibility index (Phi) is 5.49. The zero-order chi connectivity index (χ0) is 11.2. The molecule has 0 aliphatic rings. The minimum absolute atomic E-state index is 0.0904. The van der Waals surface area contributed by atoms with E-state index < -0.39 is 11.7 Å². The summed E-state index contributed by atoms with van der Waals surface area (Å²) in [6.07, 6.45) is -0.534. The minimum atomic E-state index is -0.535. The molecule has 14 heavy (non-hydrogen) atoms. The summed E-state index contributed by atoms with van der Waals surface area (Å²) in [7, 11) is 0. The van der Waals surface area contributed by atoms with Gasteiger partial charge in [0.1, 0.15) is 5.60 Å². The Hall–Kier alpha value is -0.810. The second kappa shape index (κ2) is 5.82. The highest BCUT2D eigenvalue weighted by molar-refractivity contribution is 5.66. The fraction of sp³-hybridized carbons (Fsp3) is 0.889. The summed E-state index contributed by atoms with van der Waals surface area (Å²) in [5, 5.41) is 9.61. The van der Waals surface area contributed by atoms with Gasteiger partial charge in [0, 0.05) is 6.54 Å². The van der Waals surface area contributed by atoms with Crippen LogP contribution >= 0.6 is 0 Å². The second-order valence-corrected chi connectivity index (χ2v) is 3.73. The number of ether oxygens (including phenoxy) is 1. The number of hydroxylamine groups is 2. The van der Waals surface area contributed by atoms with Crippen molar-refractivity contribution in [1.29, 1.82) is 0 Å². The van der Waals surface area contributed by atoms with Crippen LogP contribution in [0.2, 0.25) is 0 Å². The summed E-state index contributed by atoms with van der Waals surface area (Å²) in [5.74, 6) is 0. The molecule has 0 saturated heterocycles. The summed E-state index contributed by atoms with van der Waals surface area (Å²) >= 11 is 0. The van der Waals surface area contributed by atoms with Gasteiger partial charge in [-0.15, -0.1) is 0 Å². The zero-order valence-corrected chi connectivity index (χ0v) is 9.24. The molecule has 84 valence electrons. The van der Waals surface area contributed by atoms with E-state index in [0.29, 0.717) is 6.54 Å². The number of rotatable bonds is 4. The van der Waals surface area contributed by atoms with E-state index in [0.717, 1.165) is 5.06 Å². The maximum Gasteiger partial charge on any atom is 0.434 e. The standard InChI is InChI=1S/C9H19NO4/c1-5-10(13-7-6-11)8(12)14-9(2,3)4/h11H,5-7H2,1-4H3. The molecule has 5 nitrogen and oxygen atoms in total. The fourth-order valence-corrected chi connectivity index (χ4v) is 0.737. The summed E-state index contributed by atoms with van der Waals surface area (Å²) in [5.41, 5.74) is -0.535. The first-order valence-electron chi connectivity index (χ1n) is 4.65. The summed E-state index contributed by atoms with van der Waals surface area (Å²) < 4.78 is 5.07. The lowest BCUT2D eigenvalue weighted by atomic mass is 10.2. The van der Waals surface area contributed by atoms with Crippen LogP contribution in [-0.4, -0.2) is 41.6 Å². The molecule has 0 rings (SSSR count). The molecule has 0 aliphatic heterocycles. The van der Waals surface area contributed by atoms with Crippen molar-refractivity contribution < 1.29 is 19.5 Å². The molecular formula is C9H19NO4. The third-order valence-corrected chi connectivity index (χ3v) is 1.22. The fourth-order valence-electron chi connectivity index (χ4n) is 0.737. The molecule has 0 heterocycles. The third-order valence-electron chi connectivity index (χ3n) is 1.22. The maximum absolute atomic E-state index is 11.4. The molecule has 0 unspecified atom stereocenters. The predicted octanol–water partition coefficient (Wildman–Crippen LogP) is 1.17. The number of hydrogen-bond donors (Lipinski definition) is 1. The molecule has 0 atom stereocenters. The van der Waals surface area contributed by atoms with Gasteiger partial charge in [0.15, 0.2) is 0 Å². The van der Waals surface area contributed by atoms with Crippen molar-refractivity contribution >= 4 is 6.09 Å². The van der Waals surface area contributed by atoms with Crippen LogP contribution in [0.5, 0.6) is 0 Å². The van der Waals surface area contributed by atoms with Crippen LogP contribution in [0.3, 0.4) is 0 Å². The SMILES string of the molecule is CCN(OCCO)C(=O)OC(C)(C)C. The zero-order valence-electron chi connectivity index (χ0n) is 9.24. The van der Waals surface area contributed by atoms with E-state index in [1.807, 2.05) is 0 Å². The first kappa shape index (κ1) is 13.2. The Morgan fingerprint density at radius 1 is 1.43 bits per heavy atom. The van der Waals surface area contributed by atoms with Gasteiger partial charge in [-0.25, -0.2) is 4.79 Å². The summed E-state index contributed by atoms with van der Waals surface area (Å²) in [6, 6.07) is 0. The van der Waals surface area contributed by atoms with Crippen molar-refractivity contribution in [2.24, 2.45) is 0 Å². The van der Waals surface area contributed by atoms with E-state index in [9.17, 15) is 4.79 Å². The van der Waals surface area contributed by atoms with Crippen LogP contribution in [0.4, 0.5) is 4.79 Å². The van der Waals surface area contributed by atoms with Gasteiger partial charge in [-0.1, -0.05) is 0 Å². The highest BCUT2D eigenvalue weighted by Crippen LogP contribution is 2.09.